The average molecular weight is 315 g/mol. The van der Waals surface area contributed by atoms with Gasteiger partial charge in [0, 0.05) is 0 Å². The maximum absolute atomic E-state index is 12.5. The Bertz CT molecular complexity index is 611. The lowest BCUT2D eigenvalue weighted by molar-refractivity contribution is -0.122. The number of imide groups is 1. The lowest BCUT2D eigenvalue weighted by Crippen LogP contribution is -2.30. The molecule has 0 N–H and O–H groups in total. The minimum absolute atomic E-state index is 0.0998. The van der Waals surface area contributed by atoms with Crippen LogP contribution in [0.2, 0.25) is 0 Å². The monoisotopic (exact) mass is 315 g/mol. The predicted octanol–water partition coefficient (Wildman–Crippen LogP) is 2.93. The SMILES string of the molecule is CC(C)OC(=O)c1ccc(N2C(=O)[C@H]3CCCC[C@@H]3C2=O)cc1. The number of ether oxygens (including phenoxy) is 1. The van der Waals surface area contributed by atoms with E-state index in [1.54, 1.807) is 38.1 Å². The first-order chi connectivity index (χ1) is 11.0. The van der Waals surface area contributed by atoms with E-state index in [1.165, 1.54) is 4.90 Å². The summed E-state index contributed by atoms with van der Waals surface area (Å²) >= 11 is 0. The van der Waals surface area contributed by atoms with Crippen LogP contribution < -0.4 is 4.90 Å². The van der Waals surface area contributed by atoms with Crippen molar-refractivity contribution in [3.63, 3.8) is 0 Å². The molecular weight excluding hydrogens is 294 g/mol. The Hall–Kier alpha value is -2.17. The molecule has 0 radical (unpaired) electrons. The maximum Gasteiger partial charge on any atom is 0.338 e. The molecule has 23 heavy (non-hydrogen) atoms. The molecule has 2 atom stereocenters. The minimum Gasteiger partial charge on any atom is -0.459 e. The normalized spacial score (nSPS) is 24.0. The van der Waals surface area contributed by atoms with E-state index in [9.17, 15) is 14.4 Å². The molecule has 1 aromatic carbocycles. The number of carbonyl (C=O) groups excluding carboxylic acids is 3. The van der Waals surface area contributed by atoms with Crippen LogP contribution in [0.3, 0.4) is 0 Å². The van der Waals surface area contributed by atoms with Gasteiger partial charge in [-0.05, 0) is 51.0 Å². The fraction of sp³-hybridized carbons (Fsp3) is 0.500. The molecule has 2 fully saturated rings. The fourth-order valence-corrected chi connectivity index (χ4v) is 3.45. The number of anilines is 1. The first kappa shape index (κ1) is 15.7. The summed E-state index contributed by atoms with van der Waals surface area (Å²) in [6, 6.07) is 6.49. The van der Waals surface area contributed by atoms with Gasteiger partial charge in [-0.1, -0.05) is 12.8 Å². The molecule has 1 saturated carbocycles. The standard InChI is InChI=1S/C18H21NO4/c1-11(2)23-18(22)12-7-9-13(10-8-12)19-16(20)14-5-3-4-6-15(14)17(19)21/h7-11,14-15H,3-6H2,1-2H3/t14-,15-/m0/s1. The van der Waals surface area contributed by atoms with Crippen LogP contribution in [0.25, 0.3) is 0 Å². The molecule has 3 rings (SSSR count). The van der Waals surface area contributed by atoms with Crippen LogP contribution in [0.15, 0.2) is 24.3 Å². The van der Waals surface area contributed by atoms with E-state index in [1.807, 2.05) is 0 Å². The highest BCUT2D eigenvalue weighted by Gasteiger charge is 2.48. The molecule has 0 bridgehead atoms. The number of fused-ring (bicyclic) bond motifs is 1. The maximum atomic E-state index is 12.5. The molecular formula is C18H21NO4. The summed E-state index contributed by atoms with van der Waals surface area (Å²) in [6.45, 7) is 3.57. The van der Waals surface area contributed by atoms with Gasteiger partial charge in [-0.2, -0.15) is 0 Å². The summed E-state index contributed by atoms with van der Waals surface area (Å²) in [5.74, 6) is -0.933. The van der Waals surface area contributed by atoms with Gasteiger partial charge in [0.1, 0.15) is 0 Å². The number of esters is 1. The summed E-state index contributed by atoms with van der Waals surface area (Å²) in [6.07, 6.45) is 3.42. The Labute approximate surface area is 135 Å². The number of benzene rings is 1. The zero-order valence-corrected chi connectivity index (χ0v) is 13.5. The Kier molecular flexibility index (Phi) is 4.20. The largest absolute Gasteiger partial charge is 0.459 e. The van der Waals surface area contributed by atoms with E-state index in [0.29, 0.717) is 11.3 Å². The topological polar surface area (TPSA) is 63.7 Å². The second kappa shape index (κ2) is 6.14. The van der Waals surface area contributed by atoms with Crippen molar-refractivity contribution < 1.29 is 19.1 Å². The number of carbonyl (C=O) groups is 3. The average Bonchev–Trinajstić information content (AvgIpc) is 2.79. The van der Waals surface area contributed by atoms with Crippen molar-refractivity contribution >= 4 is 23.5 Å². The summed E-state index contributed by atoms with van der Waals surface area (Å²) in [4.78, 5) is 38.2. The highest BCUT2D eigenvalue weighted by atomic mass is 16.5. The molecule has 122 valence electrons. The second-order valence-electron chi connectivity index (χ2n) is 6.51. The molecule has 1 heterocycles. The van der Waals surface area contributed by atoms with Crippen LogP contribution in [0.4, 0.5) is 5.69 Å². The second-order valence-corrected chi connectivity index (χ2v) is 6.51. The summed E-state index contributed by atoms with van der Waals surface area (Å²) in [5, 5.41) is 0. The fourth-order valence-electron chi connectivity index (χ4n) is 3.45. The molecule has 0 aromatic heterocycles. The highest BCUT2D eigenvalue weighted by molar-refractivity contribution is 6.22. The van der Waals surface area contributed by atoms with Crippen molar-refractivity contribution in [2.24, 2.45) is 11.8 Å². The first-order valence-corrected chi connectivity index (χ1v) is 8.18. The van der Waals surface area contributed by atoms with Crippen molar-refractivity contribution in [1.82, 2.24) is 0 Å². The van der Waals surface area contributed by atoms with Crippen molar-refractivity contribution in [3.8, 4) is 0 Å². The van der Waals surface area contributed by atoms with Gasteiger partial charge >= 0.3 is 5.97 Å². The number of hydrogen-bond donors (Lipinski definition) is 0. The van der Waals surface area contributed by atoms with Gasteiger partial charge in [0.25, 0.3) is 0 Å². The smallest absolute Gasteiger partial charge is 0.338 e. The predicted molar refractivity (Wildman–Crippen MR) is 84.9 cm³/mol. The van der Waals surface area contributed by atoms with Crippen LogP contribution in [0.1, 0.15) is 49.9 Å². The summed E-state index contributed by atoms with van der Waals surface area (Å²) in [7, 11) is 0. The van der Waals surface area contributed by atoms with Crippen LogP contribution in [0.5, 0.6) is 0 Å². The molecule has 1 aromatic rings. The van der Waals surface area contributed by atoms with Crippen LogP contribution in [-0.4, -0.2) is 23.9 Å². The van der Waals surface area contributed by atoms with Gasteiger partial charge in [-0.25, -0.2) is 4.79 Å². The Morgan fingerprint density at radius 1 is 1.04 bits per heavy atom. The molecule has 1 aliphatic carbocycles. The zero-order chi connectivity index (χ0) is 16.6. The number of nitrogens with zero attached hydrogens (tertiary/aromatic N) is 1. The van der Waals surface area contributed by atoms with Gasteiger partial charge in [0.15, 0.2) is 0 Å². The van der Waals surface area contributed by atoms with E-state index in [-0.39, 0.29) is 29.8 Å². The summed E-state index contributed by atoms with van der Waals surface area (Å²) < 4.78 is 5.13. The van der Waals surface area contributed by atoms with Gasteiger partial charge in [-0.3, -0.25) is 14.5 Å². The first-order valence-electron chi connectivity index (χ1n) is 8.18. The van der Waals surface area contributed by atoms with Crippen molar-refractivity contribution in [3.05, 3.63) is 29.8 Å². The van der Waals surface area contributed by atoms with Crippen molar-refractivity contribution in [1.29, 1.82) is 0 Å². The Morgan fingerprint density at radius 2 is 1.57 bits per heavy atom. The minimum atomic E-state index is -0.403. The number of hydrogen-bond acceptors (Lipinski definition) is 4. The lowest BCUT2D eigenvalue weighted by atomic mass is 9.81. The molecule has 5 heteroatoms. The third-order valence-corrected chi connectivity index (χ3v) is 4.55. The molecule has 5 nitrogen and oxygen atoms in total. The molecule has 2 amide bonds. The van der Waals surface area contributed by atoms with Crippen molar-refractivity contribution in [2.45, 2.75) is 45.6 Å². The van der Waals surface area contributed by atoms with Gasteiger partial charge < -0.3 is 4.74 Å². The van der Waals surface area contributed by atoms with Crippen LogP contribution in [-0.2, 0) is 14.3 Å². The molecule has 0 spiro atoms. The van der Waals surface area contributed by atoms with Gasteiger partial charge in [0.05, 0.1) is 29.2 Å². The van der Waals surface area contributed by atoms with E-state index in [0.717, 1.165) is 25.7 Å². The van der Waals surface area contributed by atoms with Gasteiger partial charge in [0.2, 0.25) is 11.8 Å². The van der Waals surface area contributed by atoms with Crippen LogP contribution in [0, 0.1) is 11.8 Å². The Morgan fingerprint density at radius 3 is 2.04 bits per heavy atom. The third kappa shape index (κ3) is 2.87. The van der Waals surface area contributed by atoms with E-state index in [4.69, 9.17) is 4.74 Å². The van der Waals surface area contributed by atoms with Crippen LogP contribution >= 0.6 is 0 Å². The zero-order valence-electron chi connectivity index (χ0n) is 13.5. The van der Waals surface area contributed by atoms with E-state index < -0.39 is 5.97 Å². The molecule has 1 aliphatic heterocycles. The number of amides is 2. The lowest BCUT2D eigenvalue weighted by Gasteiger charge is -2.19. The highest BCUT2D eigenvalue weighted by Crippen LogP contribution is 2.40. The van der Waals surface area contributed by atoms with Crippen molar-refractivity contribution in [2.75, 3.05) is 4.90 Å². The molecule has 2 aliphatic rings. The summed E-state index contributed by atoms with van der Waals surface area (Å²) in [5.41, 5.74) is 0.953. The van der Waals surface area contributed by atoms with E-state index in [2.05, 4.69) is 0 Å². The third-order valence-electron chi connectivity index (χ3n) is 4.55. The number of rotatable bonds is 3. The molecule has 0 unspecified atom stereocenters. The molecule has 1 saturated heterocycles. The quantitative estimate of drug-likeness (QED) is 0.635. The van der Waals surface area contributed by atoms with Gasteiger partial charge in [-0.15, -0.1) is 0 Å². The Balaban J connectivity index is 1.80. The van der Waals surface area contributed by atoms with E-state index >= 15 is 0 Å².